The fourth-order valence-corrected chi connectivity index (χ4v) is 2.30. The number of amides is 2. The molecule has 7 nitrogen and oxygen atoms in total. The van der Waals surface area contributed by atoms with Crippen LogP contribution in [0.15, 0.2) is 6.20 Å². The Labute approximate surface area is 154 Å². The maximum absolute atomic E-state index is 12.9. The van der Waals surface area contributed by atoms with Gasteiger partial charge in [0.2, 0.25) is 5.91 Å². The lowest BCUT2D eigenvalue weighted by Crippen LogP contribution is -2.51. The average Bonchev–Trinajstić information content (AvgIpc) is 2.97. The van der Waals surface area contributed by atoms with E-state index < -0.39 is 12.1 Å². The lowest BCUT2D eigenvalue weighted by atomic mass is 10.0. The van der Waals surface area contributed by atoms with E-state index in [1.54, 1.807) is 11.1 Å². The van der Waals surface area contributed by atoms with Gasteiger partial charge in [-0.05, 0) is 18.8 Å². The van der Waals surface area contributed by atoms with Gasteiger partial charge in [-0.1, -0.05) is 41.5 Å². The molecule has 1 aromatic rings. The third kappa shape index (κ3) is 8.05. The van der Waals surface area contributed by atoms with Gasteiger partial charge in [0, 0.05) is 21.3 Å². The first-order valence-electron chi connectivity index (χ1n) is 8.88. The van der Waals surface area contributed by atoms with Gasteiger partial charge < -0.3 is 19.9 Å². The number of aromatic amines is 1. The molecule has 148 valence electrons. The molecule has 0 saturated heterocycles. The SMILES string of the molecule is CC.COC(=O)N[C@H](C(=O)N(Cc1ncc(C)[nH]1)CC(C)C)C(C)C.[HH].[HH]. The summed E-state index contributed by atoms with van der Waals surface area (Å²) < 4.78 is 4.62. The van der Waals surface area contributed by atoms with E-state index in [0.717, 1.165) is 11.5 Å². The number of methoxy groups -OCH3 is 1. The first-order chi connectivity index (χ1) is 11.7. The van der Waals surface area contributed by atoms with Crippen LogP contribution in [0.2, 0.25) is 0 Å². The van der Waals surface area contributed by atoms with Crippen molar-refractivity contribution in [3.8, 4) is 0 Å². The fraction of sp³-hybridized carbons (Fsp3) is 0.722. The molecule has 1 rings (SSSR count). The number of aromatic nitrogens is 2. The van der Waals surface area contributed by atoms with Gasteiger partial charge in [-0.25, -0.2) is 9.78 Å². The molecular formula is C18H38N4O3. The second-order valence-electron chi connectivity index (χ2n) is 6.48. The molecule has 7 heteroatoms. The third-order valence-electron chi connectivity index (χ3n) is 3.38. The Morgan fingerprint density at radius 3 is 2.32 bits per heavy atom. The Morgan fingerprint density at radius 2 is 1.92 bits per heavy atom. The van der Waals surface area contributed by atoms with Gasteiger partial charge in [-0.15, -0.1) is 0 Å². The molecule has 25 heavy (non-hydrogen) atoms. The molecule has 0 saturated carbocycles. The molecule has 0 aliphatic carbocycles. The topological polar surface area (TPSA) is 87.3 Å². The molecule has 2 amide bonds. The monoisotopic (exact) mass is 358 g/mol. The highest BCUT2D eigenvalue weighted by molar-refractivity contribution is 5.85. The largest absolute Gasteiger partial charge is 0.453 e. The van der Waals surface area contributed by atoms with Gasteiger partial charge in [0.1, 0.15) is 11.9 Å². The van der Waals surface area contributed by atoms with Crippen molar-refractivity contribution in [3.63, 3.8) is 0 Å². The molecule has 0 fully saturated rings. The maximum atomic E-state index is 12.9. The molecule has 0 bridgehead atoms. The molecule has 0 aliphatic rings. The highest BCUT2D eigenvalue weighted by atomic mass is 16.5. The Bertz CT molecular complexity index is 536. The molecule has 0 spiro atoms. The van der Waals surface area contributed by atoms with E-state index in [2.05, 4.69) is 20.0 Å². The zero-order chi connectivity index (χ0) is 19.6. The van der Waals surface area contributed by atoms with E-state index in [4.69, 9.17) is 0 Å². The minimum atomic E-state index is -0.628. The maximum Gasteiger partial charge on any atom is 0.407 e. The number of nitrogens with zero attached hydrogens (tertiary/aromatic N) is 2. The van der Waals surface area contributed by atoms with Crippen molar-refractivity contribution in [2.75, 3.05) is 13.7 Å². The number of hydrogen-bond donors (Lipinski definition) is 2. The summed E-state index contributed by atoms with van der Waals surface area (Å²) in [6.07, 6.45) is 1.13. The van der Waals surface area contributed by atoms with Crippen LogP contribution in [0.3, 0.4) is 0 Å². The fourth-order valence-electron chi connectivity index (χ4n) is 2.30. The first-order valence-corrected chi connectivity index (χ1v) is 8.88. The van der Waals surface area contributed by atoms with E-state index in [1.165, 1.54) is 7.11 Å². The van der Waals surface area contributed by atoms with Gasteiger partial charge in [0.05, 0.1) is 13.7 Å². The quantitative estimate of drug-likeness (QED) is 0.779. The number of alkyl carbamates (subject to hydrolysis) is 1. The third-order valence-corrected chi connectivity index (χ3v) is 3.38. The van der Waals surface area contributed by atoms with Crippen molar-refractivity contribution in [2.24, 2.45) is 11.8 Å². The number of hydrogen-bond acceptors (Lipinski definition) is 4. The van der Waals surface area contributed by atoms with Crippen molar-refractivity contribution in [1.82, 2.24) is 20.2 Å². The summed E-state index contributed by atoms with van der Waals surface area (Å²) in [6, 6.07) is -0.628. The second-order valence-corrected chi connectivity index (χ2v) is 6.48. The predicted molar refractivity (Wildman–Crippen MR) is 103 cm³/mol. The molecule has 1 atom stereocenters. The van der Waals surface area contributed by atoms with Crippen LogP contribution in [0.1, 0.15) is 55.9 Å². The Balaban J connectivity index is -0.00000139. The zero-order valence-electron chi connectivity index (χ0n) is 16.8. The van der Waals surface area contributed by atoms with Crippen molar-refractivity contribution in [1.29, 1.82) is 0 Å². The van der Waals surface area contributed by atoms with Crippen molar-refractivity contribution in [3.05, 3.63) is 17.7 Å². The summed E-state index contributed by atoms with van der Waals surface area (Å²) in [5, 5.41) is 2.63. The van der Waals surface area contributed by atoms with Gasteiger partial charge in [-0.3, -0.25) is 4.79 Å². The Hall–Kier alpha value is -2.05. The normalized spacial score (nSPS) is 11.6. The Kier molecular flexibility index (Phi) is 10.6. The van der Waals surface area contributed by atoms with Gasteiger partial charge in [0.25, 0.3) is 0 Å². The van der Waals surface area contributed by atoms with E-state index in [9.17, 15) is 9.59 Å². The number of H-pyrrole nitrogens is 1. The number of rotatable bonds is 7. The average molecular weight is 359 g/mol. The molecule has 0 unspecified atom stereocenters. The molecule has 2 N–H and O–H groups in total. The van der Waals surface area contributed by atoms with Crippen molar-refractivity contribution in [2.45, 2.75) is 61.1 Å². The summed E-state index contributed by atoms with van der Waals surface area (Å²) in [5.74, 6) is 0.862. The predicted octanol–water partition coefficient (Wildman–Crippen LogP) is 3.60. The number of imidazole rings is 1. The van der Waals surface area contributed by atoms with Crippen LogP contribution in [0.4, 0.5) is 4.79 Å². The summed E-state index contributed by atoms with van der Waals surface area (Å²) in [7, 11) is 1.29. The Morgan fingerprint density at radius 1 is 1.32 bits per heavy atom. The minimum absolute atomic E-state index is 0. The highest BCUT2D eigenvalue weighted by Gasteiger charge is 2.29. The molecule has 0 aromatic carbocycles. The summed E-state index contributed by atoms with van der Waals surface area (Å²) in [6.45, 7) is 14.8. The molecule has 1 aromatic heterocycles. The van der Waals surface area contributed by atoms with Crippen LogP contribution < -0.4 is 5.32 Å². The lowest BCUT2D eigenvalue weighted by molar-refractivity contribution is -0.135. The first kappa shape index (κ1) is 22.9. The smallest absolute Gasteiger partial charge is 0.407 e. The number of carbonyl (C=O) groups excluding carboxylic acids is 2. The number of carbonyl (C=O) groups is 2. The van der Waals surface area contributed by atoms with E-state index >= 15 is 0 Å². The molecule has 0 radical (unpaired) electrons. The van der Waals surface area contributed by atoms with Gasteiger partial charge >= 0.3 is 6.09 Å². The second kappa shape index (κ2) is 11.5. The zero-order valence-corrected chi connectivity index (χ0v) is 16.8. The summed E-state index contributed by atoms with van der Waals surface area (Å²) in [4.78, 5) is 33.5. The van der Waals surface area contributed by atoms with Gasteiger partial charge in [0.15, 0.2) is 0 Å². The van der Waals surface area contributed by atoms with Crippen molar-refractivity contribution < 1.29 is 17.2 Å². The van der Waals surface area contributed by atoms with Gasteiger partial charge in [-0.2, -0.15) is 0 Å². The lowest BCUT2D eigenvalue weighted by Gasteiger charge is -2.30. The van der Waals surface area contributed by atoms with Crippen LogP contribution in [0.5, 0.6) is 0 Å². The summed E-state index contributed by atoms with van der Waals surface area (Å²) >= 11 is 0. The number of nitrogens with one attached hydrogen (secondary N) is 2. The molecule has 1 heterocycles. The van der Waals surface area contributed by atoms with Crippen LogP contribution in [0.25, 0.3) is 0 Å². The molecular weight excluding hydrogens is 320 g/mol. The standard InChI is InChI=1S/C16H28N4O3.C2H6.2H2/c1-10(2)8-20(9-13-17-7-12(5)18-13)15(21)14(11(3)4)19-16(22)23-6;1-2;;/h7,10-11,14H,8-9H2,1-6H3,(H,17,18)(H,19,22);1-2H3;2*1H/t14-;;;/m0.../s1. The van der Waals surface area contributed by atoms with Crippen molar-refractivity contribution >= 4 is 12.0 Å². The van der Waals surface area contributed by atoms with E-state index in [-0.39, 0.29) is 14.7 Å². The number of ether oxygens (including phenoxy) is 1. The van der Waals surface area contributed by atoms with Crippen LogP contribution in [-0.4, -0.2) is 46.6 Å². The van der Waals surface area contributed by atoms with Crippen LogP contribution in [0, 0.1) is 18.8 Å². The van der Waals surface area contributed by atoms with E-state index in [1.807, 2.05) is 48.5 Å². The van der Waals surface area contributed by atoms with Crippen LogP contribution >= 0.6 is 0 Å². The van der Waals surface area contributed by atoms with Crippen LogP contribution in [-0.2, 0) is 16.1 Å². The highest BCUT2D eigenvalue weighted by Crippen LogP contribution is 2.12. The number of aryl methyl sites for hydroxylation is 1. The minimum Gasteiger partial charge on any atom is -0.453 e. The summed E-state index contributed by atoms with van der Waals surface area (Å²) in [5.41, 5.74) is 0.949. The van der Waals surface area contributed by atoms with E-state index in [0.29, 0.717) is 19.0 Å². The molecule has 0 aliphatic heterocycles.